The van der Waals surface area contributed by atoms with Crippen LogP contribution in [0.3, 0.4) is 0 Å². The van der Waals surface area contributed by atoms with Crippen LogP contribution in [0.4, 0.5) is 0 Å². The average molecular weight is 188 g/mol. The summed E-state index contributed by atoms with van der Waals surface area (Å²) < 4.78 is 5.22. The van der Waals surface area contributed by atoms with Crippen molar-refractivity contribution in [1.82, 2.24) is 0 Å². The van der Waals surface area contributed by atoms with Crippen molar-refractivity contribution in [3.05, 3.63) is 45.3 Å². The molecule has 0 saturated carbocycles. The quantitative estimate of drug-likeness (QED) is 0.595. The van der Waals surface area contributed by atoms with Gasteiger partial charge in [0.2, 0.25) is 0 Å². The van der Waals surface area contributed by atoms with E-state index in [1.54, 1.807) is 6.92 Å². The summed E-state index contributed by atoms with van der Waals surface area (Å²) in [6.07, 6.45) is 0. The monoisotopic (exact) mass is 188 g/mol. The van der Waals surface area contributed by atoms with Crippen LogP contribution in [0.1, 0.15) is 16.7 Å². The molecule has 0 unspecified atom stereocenters. The van der Waals surface area contributed by atoms with E-state index in [0.717, 1.165) is 10.9 Å². The van der Waals surface area contributed by atoms with E-state index < -0.39 is 0 Å². The fourth-order valence-electron chi connectivity index (χ4n) is 1.70. The summed E-state index contributed by atoms with van der Waals surface area (Å²) in [7, 11) is 0. The van der Waals surface area contributed by atoms with Crippen LogP contribution in [0.15, 0.2) is 27.4 Å². The summed E-state index contributed by atoms with van der Waals surface area (Å²) in [5.74, 6) is 0. The molecular weight excluding hydrogens is 176 g/mol. The second-order valence-corrected chi connectivity index (χ2v) is 3.72. The van der Waals surface area contributed by atoms with E-state index in [4.69, 9.17) is 4.42 Å². The highest BCUT2D eigenvalue weighted by Crippen LogP contribution is 2.19. The zero-order valence-electron chi connectivity index (χ0n) is 8.55. The molecule has 0 N–H and O–H groups in total. The van der Waals surface area contributed by atoms with E-state index in [-0.39, 0.29) is 5.63 Å². The third-order valence-electron chi connectivity index (χ3n) is 2.34. The fourth-order valence-corrected chi connectivity index (χ4v) is 1.70. The summed E-state index contributed by atoms with van der Waals surface area (Å²) >= 11 is 0. The number of aryl methyl sites for hydroxylation is 3. The van der Waals surface area contributed by atoms with Gasteiger partial charge in [0.05, 0.1) is 0 Å². The lowest BCUT2D eigenvalue weighted by Crippen LogP contribution is -2.02. The molecule has 1 aromatic carbocycles. The lowest BCUT2D eigenvalue weighted by molar-refractivity contribution is 0.553. The number of hydrogen-bond donors (Lipinski definition) is 0. The lowest BCUT2D eigenvalue weighted by Gasteiger charge is -2.02. The van der Waals surface area contributed by atoms with Crippen LogP contribution in [0.5, 0.6) is 0 Å². The van der Waals surface area contributed by atoms with Crippen LogP contribution < -0.4 is 5.63 Å². The van der Waals surface area contributed by atoms with Crippen molar-refractivity contribution in [2.75, 3.05) is 0 Å². The Bertz CT molecular complexity index is 550. The van der Waals surface area contributed by atoms with Crippen LogP contribution in [0.25, 0.3) is 11.0 Å². The molecule has 0 spiro atoms. The molecular formula is C12H12O2. The van der Waals surface area contributed by atoms with Gasteiger partial charge < -0.3 is 4.42 Å². The second kappa shape index (κ2) is 2.98. The normalized spacial score (nSPS) is 10.8. The van der Waals surface area contributed by atoms with Gasteiger partial charge in [-0.3, -0.25) is 0 Å². The lowest BCUT2D eigenvalue weighted by atomic mass is 10.1. The van der Waals surface area contributed by atoms with Gasteiger partial charge in [0.15, 0.2) is 0 Å². The molecule has 0 atom stereocenters. The summed E-state index contributed by atoms with van der Waals surface area (Å²) in [6.45, 7) is 5.75. The third-order valence-corrected chi connectivity index (χ3v) is 2.34. The molecule has 0 aliphatic heterocycles. The molecule has 0 radical (unpaired) electrons. The maximum Gasteiger partial charge on any atom is 0.339 e. The molecule has 0 fully saturated rings. The Hall–Kier alpha value is -1.57. The van der Waals surface area contributed by atoms with E-state index in [1.807, 2.05) is 32.0 Å². The predicted octanol–water partition coefficient (Wildman–Crippen LogP) is 2.72. The molecule has 14 heavy (non-hydrogen) atoms. The van der Waals surface area contributed by atoms with Crippen molar-refractivity contribution in [1.29, 1.82) is 0 Å². The van der Waals surface area contributed by atoms with E-state index in [2.05, 4.69) is 0 Å². The first-order valence-corrected chi connectivity index (χ1v) is 4.59. The Morgan fingerprint density at radius 2 is 1.71 bits per heavy atom. The number of hydrogen-bond acceptors (Lipinski definition) is 2. The van der Waals surface area contributed by atoms with E-state index in [0.29, 0.717) is 11.1 Å². The molecule has 1 heterocycles. The first-order chi connectivity index (χ1) is 6.58. The minimum absolute atomic E-state index is 0.246. The SMILES string of the molecule is Cc1cc(C)c2oc(=O)c(C)cc2c1. The topological polar surface area (TPSA) is 30.2 Å². The van der Waals surface area contributed by atoms with Gasteiger partial charge in [-0.2, -0.15) is 0 Å². The van der Waals surface area contributed by atoms with Gasteiger partial charge in [-0.15, -0.1) is 0 Å². The largest absolute Gasteiger partial charge is 0.422 e. The van der Waals surface area contributed by atoms with Gasteiger partial charge in [-0.25, -0.2) is 4.79 Å². The summed E-state index contributed by atoms with van der Waals surface area (Å²) in [5.41, 5.74) is 3.30. The molecule has 72 valence electrons. The smallest absolute Gasteiger partial charge is 0.339 e. The average Bonchev–Trinajstić information content (AvgIpc) is 2.08. The third kappa shape index (κ3) is 1.33. The summed E-state index contributed by atoms with van der Waals surface area (Å²) in [6, 6.07) is 5.92. The molecule has 0 aliphatic carbocycles. The Balaban J connectivity index is 2.96. The zero-order valence-corrected chi connectivity index (χ0v) is 8.55. The van der Waals surface area contributed by atoms with Gasteiger partial charge in [-0.1, -0.05) is 11.6 Å². The van der Waals surface area contributed by atoms with Crippen LogP contribution >= 0.6 is 0 Å². The minimum Gasteiger partial charge on any atom is -0.422 e. The highest BCUT2D eigenvalue weighted by atomic mass is 16.4. The van der Waals surface area contributed by atoms with Gasteiger partial charge in [0.1, 0.15) is 5.58 Å². The molecule has 0 saturated heterocycles. The molecule has 2 nitrogen and oxygen atoms in total. The van der Waals surface area contributed by atoms with Crippen LogP contribution in [0, 0.1) is 20.8 Å². The van der Waals surface area contributed by atoms with E-state index >= 15 is 0 Å². The highest BCUT2D eigenvalue weighted by molar-refractivity contribution is 5.80. The first kappa shape index (κ1) is 9.00. The van der Waals surface area contributed by atoms with Gasteiger partial charge in [-0.05, 0) is 38.5 Å². The van der Waals surface area contributed by atoms with Gasteiger partial charge >= 0.3 is 5.63 Å². The van der Waals surface area contributed by atoms with Crippen molar-refractivity contribution in [2.45, 2.75) is 20.8 Å². The van der Waals surface area contributed by atoms with Crippen molar-refractivity contribution >= 4 is 11.0 Å². The van der Waals surface area contributed by atoms with Gasteiger partial charge in [0, 0.05) is 10.9 Å². The molecule has 2 rings (SSSR count). The number of fused-ring (bicyclic) bond motifs is 1. The number of benzene rings is 1. The maximum absolute atomic E-state index is 11.3. The minimum atomic E-state index is -0.246. The number of rotatable bonds is 0. The van der Waals surface area contributed by atoms with Crippen LogP contribution in [-0.4, -0.2) is 0 Å². The van der Waals surface area contributed by atoms with Crippen molar-refractivity contribution < 1.29 is 4.42 Å². The van der Waals surface area contributed by atoms with Crippen molar-refractivity contribution in [3.8, 4) is 0 Å². The zero-order chi connectivity index (χ0) is 10.3. The summed E-state index contributed by atoms with van der Waals surface area (Å²) in [5, 5.41) is 1.000. The standard InChI is InChI=1S/C12H12O2/c1-7-4-8(2)11-10(5-7)6-9(3)12(13)14-11/h4-6H,1-3H3. The molecule has 0 bridgehead atoms. The molecule has 1 aromatic heterocycles. The predicted molar refractivity (Wildman–Crippen MR) is 56.7 cm³/mol. The molecule has 0 amide bonds. The first-order valence-electron chi connectivity index (χ1n) is 4.59. The summed E-state index contributed by atoms with van der Waals surface area (Å²) in [4.78, 5) is 11.3. The molecule has 0 aliphatic rings. The molecule has 2 heteroatoms. The van der Waals surface area contributed by atoms with Crippen LogP contribution in [-0.2, 0) is 0 Å². The Morgan fingerprint density at radius 3 is 2.43 bits per heavy atom. The maximum atomic E-state index is 11.3. The fraction of sp³-hybridized carbons (Fsp3) is 0.250. The Kier molecular flexibility index (Phi) is 1.92. The van der Waals surface area contributed by atoms with E-state index in [9.17, 15) is 4.79 Å². The van der Waals surface area contributed by atoms with Crippen molar-refractivity contribution in [2.24, 2.45) is 0 Å². The Labute approximate surface area is 82.2 Å². The highest BCUT2D eigenvalue weighted by Gasteiger charge is 2.04. The van der Waals surface area contributed by atoms with Crippen molar-refractivity contribution in [3.63, 3.8) is 0 Å². The molecule has 2 aromatic rings. The van der Waals surface area contributed by atoms with E-state index in [1.165, 1.54) is 5.56 Å². The Morgan fingerprint density at radius 1 is 1.00 bits per heavy atom. The second-order valence-electron chi connectivity index (χ2n) is 3.72. The van der Waals surface area contributed by atoms with Gasteiger partial charge in [0.25, 0.3) is 0 Å². The van der Waals surface area contributed by atoms with Crippen LogP contribution in [0.2, 0.25) is 0 Å².